The minimum Gasteiger partial charge on any atom is -0.462 e. The van der Waals surface area contributed by atoms with E-state index in [-0.39, 0.29) is 31.1 Å². The van der Waals surface area contributed by atoms with Crippen LogP contribution in [0, 0.1) is 0 Å². The monoisotopic (exact) mass is 771 g/mol. The summed E-state index contributed by atoms with van der Waals surface area (Å²) < 4.78 is 16.7. The molecule has 0 amide bonds. The molecule has 0 aromatic rings. The Morgan fingerprint density at radius 3 is 1.05 bits per heavy atom. The number of carbonyl (C=O) groups is 3. The highest BCUT2D eigenvalue weighted by Crippen LogP contribution is 2.14. The third kappa shape index (κ3) is 42.4. The van der Waals surface area contributed by atoms with Gasteiger partial charge in [-0.2, -0.15) is 0 Å². The van der Waals surface area contributed by atoms with Gasteiger partial charge in [-0.05, 0) is 44.9 Å². The van der Waals surface area contributed by atoms with Crippen LogP contribution in [0.4, 0.5) is 0 Å². The number of carbonyl (C=O) groups excluding carboxylic acids is 3. The first-order valence-electron chi connectivity index (χ1n) is 23.2. The summed E-state index contributed by atoms with van der Waals surface area (Å²) in [5.74, 6) is -0.905. The fraction of sp³-hybridized carbons (Fsp3) is 0.776. The molecular formula is C49H86O6. The smallest absolute Gasteiger partial charge is 0.306 e. The van der Waals surface area contributed by atoms with Crippen LogP contribution in [0.5, 0.6) is 0 Å². The van der Waals surface area contributed by atoms with Gasteiger partial charge in [0.15, 0.2) is 6.10 Å². The molecule has 6 heteroatoms. The molecule has 0 aliphatic heterocycles. The summed E-state index contributed by atoms with van der Waals surface area (Å²) in [5, 5.41) is 0. The van der Waals surface area contributed by atoms with Gasteiger partial charge in [-0.1, -0.05) is 211 Å². The second kappa shape index (κ2) is 44.1. The van der Waals surface area contributed by atoms with Gasteiger partial charge in [0.1, 0.15) is 13.2 Å². The third-order valence-corrected chi connectivity index (χ3v) is 9.93. The molecule has 6 nitrogen and oxygen atoms in total. The quantitative estimate of drug-likeness (QED) is 0.0267. The molecule has 0 heterocycles. The average molecular weight is 771 g/mol. The normalized spacial score (nSPS) is 12.4. The van der Waals surface area contributed by atoms with E-state index < -0.39 is 6.10 Å². The SMILES string of the molecule is CCCCC\C=C/C=C\C=C/C=C\CCCCCCCC(=O)OCC(COC(=O)CCCCCCCCCCC)OC(=O)CCCCCCCCCCCC. The molecular weight excluding hydrogens is 685 g/mol. The molecule has 0 aromatic carbocycles. The molecule has 0 aliphatic carbocycles. The van der Waals surface area contributed by atoms with Crippen LogP contribution >= 0.6 is 0 Å². The van der Waals surface area contributed by atoms with Gasteiger partial charge < -0.3 is 14.2 Å². The molecule has 0 aliphatic rings. The predicted octanol–water partition coefficient (Wildman–Crippen LogP) is 14.8. The van der Waals surface area contributed by atoms with E-state index in [9.17, 15) is 14.4 Å². The van der Waals surface area contributed by atoms with Crippen LogP contribution < -0.4 is 0 Å². The van der Waals surface area contributed by atoms with E-state index in [1.807, 2.05) is 0 Å². The Balaban J connectivity index is 4.36. The van der Waals surface area contributed by atoms with Crippen molar-refractivity contribution >= 4 is 17.9 Å². The number of rotatable bonds is 41. The summed E-state index contributed by atoms with van der Waals surface area (Å²) in [6, 6.07) is 0. The van der Waals surface area contributed by atoms with Crippen molar-refractivity contribution in [3.8, 4) is 0 Å². The lowest BCUT2D eigenvalue weighted by atomic mass is 10.1. The van der Waals surface area contributed by atoms with Gasteiger partial charge in [-0.3, -0.25) is 14.4 Å². The maximum absolute atomic E-state index is 12.7. The number of hydrogen-bond acceptors (Lipinski definition) is 6. The number of esters is 3. The van der Waals surface area contributed by atoms with Crippen molar-refractivity contribution in [1.29, 1.82) is 0 Å². The van der Waals surface area contributed by atoms with Crippen molar-refractivity contribution < 1.29 is 28.6 Å². The Bertz CT molecular complexity index is 980. The van der Waals surface area contributed by atoms with Crippen molar-refractivity contribution in [2.75, 3.05) is 13.2 Å². The summed E-state index contributed by atoms with van der Waals surface area (Å²) in [5.41, 5.74) is 0. The second-order valence-corrected chi connectivity index (χ2v) is 15.4. The van der Waals surface area contributed by atoms with E-state index in [2.05, 4.69) is 69.4 Å². The van der Waals surface area contributed by atoms with Crippen LogP contribution in [0.25, 0.3) is 0 Å². The van der Waals surface area contributed by atoms with E-state index in [1.165, 1.54) is 103 Å². The number of allylic oxidation sites excluding steroid dienone is 8. The Morgan fingerprint density at radius 1 is 0.364 bits per heavy atom. The highest BCUT2D eigenvalue weighted by Gasteiger charge is 2.19. The largest absolute Gasteiger partial charge is 0.462 e. The number of hydrogen-bond donors (Lipinski definition) is 0. The summed E-state index contributed by atoms with van der Waals surface area (Å²) in [6.07, 6.45) is 50.9. The zero-order valence-electron chi connectivity index (χ0n) is 36.2. The lowest BCUT2D eigenvalue weighted by Gasteiger charge is -2.18. The molecule has 0 saturated carbocycles. The standard InChI is InChI=1S/C49H86O6/c1-4-7-10-13-16-19-21-22-23-24-25-26-27-28-31-33-36-39-42-48(51)54-45-46(44-53-47(50)41-38-35-32-29-18-15-12-9-6-3)55-49(52)43-40-37-34-30-20-17-14-11-8-5-2/h16,19,21-26,46H,4-15,17-18,20,27-45H2,1-3H3/b19-16-,22-21-,24-23-,26-25-. The van der Waals surface area contributed by atoms with Crippen LogP contribution in [0.1, 0.15) is 226 Å². The summed E-state index contributed by atoms with van der Waals surface area (Å²) in [6.45, 7) is 6.54. The molecule has 0 N–H and O–H groups in total. The van der Waals surface area contributed by atoms with E-state index in [4.69, 9.17) is 14.2 Å². The van der Waals surface area contributed by atoms with Crippen LogP contribution in [0.2, 0.25) is 0 Å². The van der Waals surface area contributed by atoms with Gasteiger partial charge in [0.2, 0.25) is 0 Å². The zero-order valence-corrected chi connectivity index (χ0v) is 36.2. The van der Waals surface area contributed by atoms with Gasteiger partial charge in [-0.15, -0.1) is 0 Å². The average Bonchev–Trinajstić information content (AvgIpc) is 3.18. The third-order valence-electron chi connectivity index (χ3n) is 9.93. The van der Waals surface area contributed by atoms with Crippen molar-refractivity contribution in [1.82, 2.24) is 0 Å². The van der Waals surface area contributed by atoms with Crippen molar-refractivity contribution in [3.05, 3.63) is 48.6 Å². The van der Waals surface area contributed by atoms with Crippen molar-refractivity contribution in [3.63, 3.8) is 0 Å². The molecule has 0 fully saturated rings. The molecule has 0 spiro atoms. The van der Waals surface area contributed by atoms with Gasteiger partial charge >= 0.3 is 17.9 Å². The van der Waals surface area contributed by atoms with Crippen LogP contribution in [0.15, 0.2) is 48.6 Å². The maximum Gasteiger partial charge on any atom is 0.306 e. The number of unbranched alkanes of at least 4 members (excludes halogenated alkanes) is 25. The zero-order chi connectivity index (χ0) is 40.1. The molecule has 0 aromatic heterocycles. The first-order chi connectivity index (χ1) is 27.0. The molecule has 1 atom stereocenters. The minimum atomic E-state index is -0.775. The molecule has 0 radical (unpaired) electrons. The Morgan fingerprint density at radius 2 is 0.655 bits per heavy atom. The lowest BCUT2D eigenvalue weighted by molar-refractivity contribution is -0.167. The Labute approximate surface area is 339 Å². The van der Waals surface area contributed by atoms with Crippen molar-refractivity contribution in [2.45, 2.75) is 232 Å². The molecule has 0 rings (SSSR count). The molecule has 318 valence electrons. The van der Waals surface area contributed by atoms with Crippen LogP contribution in [-0.4, -0.2) is 37.2 Å². The molecule has 1 unspecified atom stereocenters. The van der Waals surface area contributed by atoms with Gasteiger partial charge in [0.05, 0.1) is 0 Å². The Hall–Kier alpha value is -2.63. The second-order valence-electron chi connectivity index (χ2n) is 15.4. The molecule has 0 bridgehead atoms. The fourth-order valence-electron chi connectivity index (χ4n) is 6.39. The van der Waals surface area contributed by atoms with Gasteiger partial charge in [-0.25, -0.2) is 0 Å². The minimum absolute atomic E-state index is 0.0786. The van der Waals surface area contributed by atoms with E-state index in [1.54, 1.807) is 0 Å². The van der Waals surface area contributed by atoms with Crippen molar-refractivity contribution in [2.24, 2.45) is 0 Å². The lowest BCUT2D eigenvalue weighted by Crippen LogP contribution is -2.30. The van der Waals surface area contributed by atoms with E-state index in [0.29, 0.717) is 19.3 Å². The highest BCUT2D eigenvalue weighted by molar-refractivity contribution is 5.71. The number of ether oxygens (including phenoxy) is 3. The highest BCUT2D eigenvalue weighted by atomic mass is 16.6. The van der Waals surface area contributed by atoms with E-state index in [0.717, 1.165) is 83.5 Å². The van der Waals surface area contributed by atoms with Gasteiger partial charge in [0.25, 0.3) is 0 Å². The Kier molecular flexibility index (Phi) is 42.0. The molecule has 0 saturated heterocycles. The summed E-state index contributed by atoms with van der Waals surface area (Å²) in [4.78, 5) is 37.7. The fourth-order valence-corrected chi connectivity index (χ4v) is 6.39. The summed E-state index contributed by atoms with van der Waals surface area (Å²) >= 11 is 0. The van der Waals surface area contributed by atoms with Gasteiger partial charge in [0, 0.05) is 19.3 Å². The van der Waals surface area contributed by atoms with Crippen LogP contribution in [-0.2, 0) is 28.6 Å². The van der Waals surface area contributed by atoms with E-state index >= 15 is 0 Å². The maximum atomic E-state index is 12.7. The summed E-state index contributed by atoms with van der Waals surface area (Å²) in [7, 11) is 0. The predicted molar refractivity (Wildman–Crippen MR) is 233 cm³/mol. The topological polar surface area (TPSA) is 78.9 Å². The van der Waals surface area contributed by atoms with Crippen LogP contribution in [0.3, 0.4) is 0 Å². The first kappa shape index (κ1) is 52.4. The first-order valence-corrected chi connectivity index (χ1v) is 23.2. The molecule has 55 heavy (non-hydrogen) atoms.